The van der Waals surface area contributed by atoms with E-state index in [0.717, 1.165) is 5.56 Å². The van der Waals surface area contributed by atoms with Crippen LogP contribution in [-0.2, 0) is 0 Å². The molecule has 178 valence electrons. The van der Waals surface area contributed by atoms with Crippen LogP contribution in [0.3, 0.4) is 0 Å². The first-order chi connectivity index (χ1) is 15.7. The Bertz CT molecular complexity index is 1060. The third-order valence-corrected chi connectivity index (χ3v) is 7.64. The molecule has 4 N–H and O–H groups in total. The number of nitrogens with two attached hydrogens (primary N) is 1. The Morgan fingerprint density at radius 1 is 1.21 bits per heavy atom. The summed E-state index contributed by atoms with van der Waals surface area (Å²) in [5.41, 5.74) is 6.11. The van der Waals surface area contributed by atoms with Crippen LogP contribution in [0.1, 0.15) is 35.3 Å². The number of hydrogen-bond acceptors (Lipinski definition) is 7. The second kappa shape index (κ2) is 8.96. The first-order valence-electron chi connectivity index (χ1n) is 10.8. The topological polar surface area (TPSA) is 103 Å². The van der Waals surface area contributed by atoms with E-state index in [2.05, 4.69) is 5.32 Å². The molecule has 6 atom stereocenters. The number of nitrogens with one attached hydrogen (secondary N) is 1. The largest absolute Gasteiger partial charge is 0.496 e. The van der Waals surface area contributed by atoms with Gasteiger partial charge in [-0.1, -0.05) is 42.3 Å². The normalized spacial score (nSPS) is 29.5. The summed E-state index contributed by atoms with van der Waals surface area (Å²) >= 11 is 12.6. The zero-order valence-electron chi connectivity index (χ0n) is 18.9. The second-order valence-corrected chi connectivity index (χ2v) is 9.48. The van der Waals surface area contributed by atoms with Gasteiger partial charge in [0.15, 0.2) is 5.75 Å². The number of halogens is 2. The molecule has 1 fully saturated rings. The predicted molar refractivity (Wildman–Crippen MR) is 127 cm³/mol. The van der Waals surface area contributed by atoms with Crippen molar-refractivity contribution in [1.29, 1.82) is 0 Å². The van der Waals surface area contributed by atoms with E-state index in [-0.39, 0.29) is 45.9 Å². The fourth-order valence-corrected chi connectivity index (χ4v) is 5.76. The number of ketones is 1. The van der Waals surface area contributed by atoms with Gasteiger partial charge in [0, 0.05) is 35.0 Å². The van der Waals surface area contributed by atoms with Gasteiger partial charge < -0.3 is 30.4 Å². The molecule has 2 aliphatic rings. The van der Waals surface area contributed by atoms with Crippen molar-refractivity contribution in [2.45, 2.75) is 37.1 Å². The maximum atomic E-state index is 13.9. The molecule has 33 heavy (non-hydrogen) atoms. The smallest absolute Gasteiger partial charge is 0.216 e. The van der Waals surface area contributed by atoms with Crippen LogP contribution in [-0.4, -0.2) is 49.9 Å². The molecule has 2 aromatic carbocycles. The van der Waals surface area contributed by atoms with Gasteiger partial charge in [-0.25, -0.2) is 0 Å². The fraction of sp³-hybridized carbons (Fsp3) is 0.458. The minimum absolute atomic E-state index is 0.158. The average Bonchev–Trinajstić information content (AvgIpc) is 3.11. The van der Waals surface area contributed by atoms with Crippen LogP contribution in [0.15, 0.2) is 30.3 Å². The molecule has 0 saturated heterocycles. The van der Waals surface area contributed by atoms with Crippen molar-refractivity contribution in [1.82, 2.24) is 5.32 Å². The molecule has 1 aliphatic heterocycles. The number of fused-ring (bicyclic) bond motifs is 1. The third-order valence-electron chi connectivity index (χ3n) is 7.03. The number of carbonyl (C=O) groups excluding carboxylic acids is 1. The standard InChI is InChI=1S/C24H28Cl2N2O5/c1-11-9-14(27)17(20(28-2)12-5-7-13(25)8-6-12)22(29)24(11)23(30)18-15(31-3)10-16(32-4)19(26)21(18)33-24/h5-8,10-11,14,17,20,22,28-29H,9,27H2,1-4H3/t11-,14?,17?,20?,22?,24+/m1/s1. The van der Waals surface area contributed by atoms with E-state index >= 15 is 0 Å². The maximum Gasteiger partial charge on any atom is 0.216 e. The first kappa shape index (κ1) is 24.1. The summed E-state index contributed by atoms with van der Waals surface area (Å²) in [7, 11) is 4.72. The molecule has 1 heterocycles. The van der Waals surface area contributed by atoms with Crippen molar-refractivity contribution in [3.8, 4) is 17.2 Å². The molecular formula is C24H28Cl2N2O5. The number of rotatable bonds is 5. The van der Waals surface area contributed by atoms with E-state index in [1.54, 1.807) is 25.2 Å². The quantitative estimate of drug-likeness (QED) is 0.582. The highest BCUT2D eigenvalue weighted by atomic mass is 35.5. The number of methoxy groups -OCH3 is 2. The van der Waals surface area contributed by atoms with Crippen LogP contribution in [0.25, 0.3) is 0 Å². The van der Waals surface area contributed by atoms with Crippen molar-refractivity contribution in [2.24, 2.45) is 17.6 Å². The molecule has 7 nitrogen and oxygen atoms in total. The SMILES string of the molecule is CNC(c1ccc(Cl)cc1)C1C(N)C[C@@H](C)[C@]2(Oc3c(Cl)c(OC)cc(OC)c3C2=O)C1O. The van der Waals surface area contributed by atoms with Gasteiger partial charge in [0.1, 0.15) is 28.2 Å². The Labute approximate surface area is 203 Å². The van der Waals surface area contributed by atoms with Crippen LogP contribution < -0.4 is 25.3 Å². The molecule has 1 spiro atoms. The molecule has 0 radical (unpaired) electrons. The number of carbonyl (C=O) groups is 1. The average molecular weight is 495 g/mol. The Morgan fingerprint density at radius 2 is 1.85 bits per heavy atom. The van der Waals surface area contributed by atoms with E-state index < -0.39 is 17.6 Å². The highest BCUT2D eigenvalue weighted by Crippen LogP contribution is 2.55. The fourth-order valence-electron chi connectivity index (χ4n) is 5.37. The van der Waals surface area contributed by atoms with Crippen LogP contribution in [0.5, 0.6) is 17.2 Å². The molecule has 4 rings (SSSR count). The molecule has 9 heteroatoms. The highest BCUT2D eigenvalue weighted by molar-refractivity contribution is 6.35. The van der Waals surface area contributed by atoms with Crippen LogP contribution in [0, 0.1) is 11.8 Å². The van der Waals surface area contributed by atoms with Crippen molar-refractivity contribution in [3.63, 3.8) is 0 Å². The van der Waals surface area contributed by atoms with Gasteiger partial charge >= 0.3 is 0 Å². The molecule has 1 saturated carbocycles. The summed E-state index contributed by atoms with van der Waals surface area (Å²) in [6.45, 7) is 1.86. The number of ether oxygens (including phenoxy) is 3. The van der Waals surface area contributed by atoms with Crippen LogP contribution in [0.4, 0.5) is 0 Å². The Balaban J connectivity index is 1.82. The summed E-state index contributed by atoms with van der Waals surface area (Å²) in [5.74, 6) is -0.530. The molecule has 0 amide bonds. The lowest BCUT2D eigenvalue weighted by atomic mass is 9.62. The Morgan fingerprint density at radius 3 is 2.42 bits per heavy atom. The van der Waals surface area contributed by atoms with Gasteiger partial charge in [0.05, 0.1) is 14.2 Å². The highest BCUT2D eigenvalue weighted by Gasteiger charge is 2.64. The third kappa shape index (κ3) is 3.58. The maximum absolute atomic E-state index is 13.9. The summed E-state index contributed by atoms with van der Waals surface area (Å²) in [6.07, 6.45) is -0.763. The first-order valence-corrected chi connectivity index (χ1v) is 11.5. The zero-order chi connectivity index (χ0) is 24.1. The minimum Gasteiger partial charge on any atom is -0.496 e. The Kier molecular flexibility index (Phi) is 6.55. The van der Waals surface area contributed by atoms with Crippen molar-refractivity contribution < 1.29 is 24.1 Å². The summed E-state index contributed by atoms with van der Waals surface area (Å²) in [6, 6.07) is 8.14. The number of aliphatic hydroxyl groups excluding tert-OH is 1. The lowest BCUT2D eigenvalue weighted by Gasteiger charge is -2.50. The lowest BCUT2D eigenvalue weighted by Crippen LogP contribution is -2.67. The lowest BCUT2D eigenvalue weighted by molar-refractivity contribution is -0.118. The van der Waals surface area contributed by atoms with Gasteiger partial charge in [0.25, 0.3) is 0 Å². The van der Waals surface area contributed by atoms with Crippen molar-refractivity contribution >= 4 is 29.0 Å². The summed E-state index contributed by atoms with van der Waals surface area (Å²) in [4.78, 5) is 13.9. The predicted octanol–water partition coefficient (Wildman–Crippen LogP) is 3.63. The molecule has 0 aromatic heterocycles. The van der Waals surface area contributed by atoms with E-state index in [1.807, 2.05) is 19.1 Å². The van der Waals surface area contributed by atoms with Gasteiger partial charge in [-0.15, -0.1) is 0 Å². The van der Waals surface area contributed by atoms with Crippen LogP contribution in [0.2, 0.25) is 10.0 Å². The molecule has 2 aromatic rings. The van der Waals surface area contributed by atoms with E-state index in [0.29, 0.717) is 17.2 Å². The summed E-state index contributed by atoms with van der Waals surface area (Å²) < 4.78 is 17.1. The zero-order valence-corrected chi connectivity index (χ0v) is 20.4. The van der Waals surface area contributed by atoms with E-state index in [1.165, 1.54) is 14.2 Å². The van der Waals surface area contributed by atoms with Gasteiger partial charge in [-0.2, -0.15) is 0 Å². The number of aliphatic hydroxyl groups is 1. The monoisotopic (exact) mass is 494 g/mol. The number of Topliss-reactive ketones (excluding diaryl/α,β-unsaturated/α-hetero) is 1. The minimum atomic E-state index is -1.56. The number of benzene rings is 2. The van der Waals surface area contributed by atoms with E-state index in [9.17, 15) is 9.90 Å². The molecule has 0 bridgehead atoms. The van der Waals surface area contributed by atoms with Gasteiger partial charge in [-0.3, -0.25) is 4.79 Å². The molecular weight excluding hydrogens is 467 g/mol. The second-order valence-electron chi connectivity index (χ2n) is 8.66. The van der Waals surface area contributed by atoms with Crippen molar-refractivity contribution in [3.05, 3.63) is 51.5 Å². The molecule has 1 aliphatic carbocycles. The van der Waals surface area contributed by atoms with Crippen molar-refractivity contribution in [2.75, 3.05) is 21.3 Å². The summed E-state index contributed by atoms with van der Waals surface area (Å²) in [5, 5.41) is 15.8. The van der Waals surface area contributed by atoms with Gasteiger partial charge in [-0.05, 0) is 31.2 Å². The van der Waals surface area contributed by atoms with Crippen LogP contribution >= 0.6 is 23.2 Å². The molecule has 4 unspecified atom stereocenters. The van der Waals surface area contributed by atoms with E-state index in [4.69, 9.17) is 43.1 Å². The van der Waals surface area contributed by atoms with Gasteiger partial charge in [0.2, 0.25) is 11.4 Å². The Hall–Kier alpha value is -2.03. The number of hydrogen-bond donors (Lipinski definition) is 3.